The summed E-state index contributed by atoms with van der Waals surface area (Å²) in [4.78, 5) is 15.5. The van der Waals surface area contributed by atoms with Crippen LogP contribution in [0.3, 0.4) is 0 Å². The highest BCUT2D eigenvalue weighted by Gasteiger charge is 2.30. The van der Waals surface area contributed by atoms with E-state index >= 15 is 0 Å². The smallest absolute Gasteiger partial charge is 0.278 e. The highest BCUT2D eigenvalue weighted by molar-refractivity contribution is 5.79. The molecule has 5 heteroatoms. The highest BCUT2D eigenvalue weighted by Crippen LogP contribution is 2.10. The van der Waals surface area contributed by atoms with Gasteiger partial charge in [-0.2, -0.15) is 0 Å². The number of quaternary nitrogens is 2. The molecule has 0 aliphatic carbocycles. The summed E-state index contributed by atoms with van der Waals surface area (Å²) in [6, 6.07) is 18.5. The van der Waals surface area contributed by atoms with Gasteiger partial charge in [0.05, 0.1) is 7.11 Å². The summed E-state index contributed by atoms with van der Waals surface area (Å²) in [5, 5.41) is 3.08. The van der Waals surface area contributed by atoms with Gasteiger partial charge in [0.15, 0.2) is 6.04 Å². The Bertz CT molecular complexity index is 710. The van der Waals surface area contributed by atoms with E-state index in [0.717, 1.165) is 44.0 Å². The van der Waals surface area contributed by atoms with Crippen molar-refractivity contribution in [2.24, 2.45) is 0 Å². The number of hydrogen-bond donors (Lipinski definition) is 3. The molecular formula is C22H31N3O2+2. The lowest BCUT2D eigenvalue weighted by molar-refractivity contribution is -1.02. The first kappa shape index (κ1) is 19.4. The average molecular weight is 370 g/mol. The van der Waals surface area contributed by atoms with Gasteiger partial charge in [0.2, 0.25) is 0 Å². The fraction of sp³-hybridized carbons (Fsp3) is 0.409. The predicted octanol–water partition coefficient (Wildman–Crippen LogP) is -0.316. The van der Waals surface area contributed by atoms with Crippen LogP contribution in [0, 0.1) is 0 Å². The quantitative estimate of drug-likeness (QED) is 0.627. The summed E-state index contributed by atoms with van der Waals surface area (Å²) < 4.78 is 5.17. The topological polar surface area (TPSA) is 47.2 Å². The zero-order valence-corrected chi connectivity index (χ0v) is 16.3. The van der Waals surface area contributed by atoms with Gasteiger partial charge in [0.25, 0.3) is 5.91 Å². The van der Waals surface area contributed by atoms with Crippen LogP contribution in [0.2, 0.25) is 0 Å². The second kappa shape index (κ2) is 9.53. The van der Waals surface area contributed by atoms with Crippen molar-refractivity contribution in [1.82, 2.24) is 5.32 Å². The first-order valence-corrected chi connectivity index (χ1v) is 9.78. The molecule has 1 aliphatic heterocycles. The van der Waals surface area contributed by atoms with E-state index in [1.807, 2.05) is 31.2 Å². The molecule has 0 saturated carbocycles. The van der Waals surface area contributed by atoms with Crippen molar-refractivity contribution in [1.29, 1.82) is 0 Å². The van der Waals surface area contributed by atoms with Crippen molar-refractivity contribution in [2.45, 2.75) is 26.1 Å². The zero-order chi connectivity index (χ0) is 19.1. The zero-order valence-electron chi connectivity index (χ0n) is 16.3. The van der Waals surface area contributed by atoms with Crippen molar-refractivity contribution in [3.63, 3.8) is 0 Å². The second-order valence-electron chi connectivity index (χ2n) is 7.36. The molecule has 0 bridgehead atoms. The van der Waals surface area contributed by atoms with E-state index in [-0.39, 0.29) is 11.9 Å². The normalized spacial score (nSPS) is 20.7. The number of carbonyl (C=O) groups excluding carboxylic acids is 1. The molecule has 1 fully saturated rings. The summed E-state index contributed by atoms with van der Waals surface area (Å²) in [5.74, 6) is 0.964. The molecule has 0 unspecified atom stereocenters. The molecule has 1 heterocycles. The number of ether oxygens (including phenoxy) is 1. The Labute approximate surface area is 161 Å². The molecule has 1 atom stereocenters. The lowest BCUT2D eigenvalue weighted by Gasteiger charge is -2.32. The van der Waals surface area contributed by atoms with E-state index in [2.05, 4.69) is 35.6 Å². The van der Waals surface area contributed by atoms with Crippen LogP contribution in [0.5, 0.6) is 5.75 Å². The van der Waals surface area contributed by atoms with Crippen LogP contribution >= 0.6 is 0 Å². The lowest BCUT2D eigenvalue weighted by Crippen LogP contribution is -3.29. The lowest BCUT2D eigenvalue weighted by atomic mass is 10.1. The maximum atomic E-state index is 12.5. The van der Waals surface area contributed by atoms with E-state index in [1.54, 1.807) is 12.0 Å². The maximum Gasteiger partial charge on any atom is 0.278 e. The summed E-state index contributed by atoms with van der Waals surface area (Å²) in [7, 11) is 1.66. The number of rotatable bonds is 7. The van der Waals surface area contributed by atoms with Crippen LogP contribution in [-0.2, 0) is 17.9 Å². The van der Waals surface area contributed by atoms with Gasteiger partial charge >= 0.3 is 0 Å². The number of piperazine rings is 1. The number of benzene rings is 2. The SMILES string of the molecule is COc1ccc(CNC(=O)[C@@H](C)[NH+]2CC[NH+](Cc3ccccc3)CC2)cc1. The van der Waals surface area contributed by atoms with Crippen molar-refractivity contribution in [3.8, 4) is 5.75 Å². The van der Waals surface area contributed by atoms with Crippen LogP contribution in [0.25, 0.3) is 0 Å². The average Bonchev–Trinajstić information content (AvgIpc) is 2.73. The Balaban J connectivity index is 1.42. The molecule has 0 radical (unpaired) electrons. The molecule has 1 aliphatic rings. The van der Waals surface area contributed by atoms with E-state index in [1.165, 1.54) is 10.5 Å². The summed E-state index contributed by atoms with van der Waals surface area (Å²) in [6.45, 7) is 7.98. The van der Waals surface area contributed by atoms with Crippen molar-refractivity contribution < 1.29 is 19.3 Å². The van der Waals surface area contributed by atoms with Crippen LogP contribution in [0.4, 0.5) is 0 Å². The third kappa shape index (κ3) is 5.55. The largest absolute Gasteiger partial charge is 0.497 e. The molecule has 0 spiro atoms. The molecular weight excluding hydrogens is 338 g/mol. The Morgan fingerprint density at radius 1 is 1.00 bits per heavy atom. The summed E-state index contributed by atoms with van der Waals surface area (Å²) in [5.41, 5.74) is 2.48. The monoisotopic (exact) mass is 369 g/mol. The van der Waals surface area contributed by atoms with Gasteiger partial charge in [-0.3, -0.25) is 4.79 Å². The van der Waals surface area contributed by atoms with Crippen molar-refractivity contribution in [2.75, 3.05) is 33.3 Å². The third-order valence-electron chi connectivity index (χ3n) is 5.53. The molecule has 2 aromatic rings. The van der Waals surface area contributed by atoms with Crippen LogP contribution in [-0.4, -0.2) is 45.2 Å². The Morgan fingerprint density at radius 2 is 1.67 bits per heavy atom. The fourth-order valence-corrected chi connectivity index (χ4v) is 3.69. The highest BCUT2D eigenvalue weighted by atomic mass is 16.5. The van der Waals surface area contributed by atoms with Gasteiger partial charge in [0, 0.05) is 12.1 Å². The van der Waals surface area contributed by atoms with Gasteiger partial charge in [-0.1, -0.05) is 42.5 Å². The van der Waals surface area contributed by atoms with E-state index in [4.69, 9.17) is 4.74 Å². The molecule has 3 rings (SSSR count). The van der Waals surface area contributed by atoms with Crippen molar-refractivity contribution >= 4 is 5.91 Å². The summed E-state index contributed by atoms with van der Waals surface area (Å²) >= 11 is 0. The fourth-order valence-electron chi connectivity index (χ4n) is 3.69. The van der Waals surface area contributed by atoms with Gasteiger partial charge in [-0.15, -0.1) is 0 Å². The number of amides is 1. The first-order valence-electron chi connectivity index (χ1n) is 9.78. The molecule has 27 heavy (non-hydrogen) atoms. The van der Waals surface area contributed by atoms with E-state index < -0.39 is 0 Å². The molecule has 2 aromatic carbocycles. The minimum Gasteiger partial charge on any atom is -0.497 e. The van der Waals surface area contributed by atoms with Crippen LogP contribution in [0.15, 0.2) is 54.6 Å². The number of methoxy groups -OCH3 is 1. The molecule has 1 amide bonds. The molecule has 144 valence electrons. The van der Waals surface area contributed by atoms with E-state index in [9.17, 15) is 4.79 Å². The Kier molecular flexibility index (Phi) is 6.85. The minimum atomic E-state index is -0.0125. The van der Waals surface area contributed by atoms with Gasteiger partial charge in [0.1, 0.15) is 38.5 Å². The first-order chi connectivity index (χ1) is 13.2. The predicted molar refractivity (Wildman–Crippen MR) is 106 cm³/mol. The van der Waals surface area contributed by atoms with Crippen molar-refractivity contribution in [3.05, 3.63) is 65.7 Å². The Morgan fingerprint density at radius 3 is 2.30 bits per heavy atom. The van der Waals surface area contributed by atoms with E-state index in [0.29, 0.717) is 6.54 Å². The third-order valence-corrected chi connectivity index (χ3v) is 5.53. The number of hydrogen-bond acceptors (Lipinski definition) is 2. The summed E-state index contributed by atoms with van der Waals surface area (Å²) in [6.07, 6.45) is 0. The standard InChI is InChI=1S/C22H29N3O2/c1-18(22(26)23-16-19-8-10-21(27-2)11-9-19)25-14-12-24(13-15-25)17-20-6-4-3-5-7-20/h3-11,18H,12-17H2,1-2H3,(H,23,26)/p+2/t18-/m1/s1. The number of nitrogens with one attached hydrogen (secondary N) is 3. The van der Waals surface area contributed by atoms with Crippen LogP contribution in [0.1, 0.15) is 18.1 Å². The Hall–Kier alpha value is -2.37. The molecule has 5 nitrogen and oxygen atoms in total. The maximum absolute atomic E-state index is 12.5. The molecule has 1 saturated heterocycles. The second-order valence-corrected chi connectivity index (χ2v) is 7.36. The number of carbonyl (C=O) groups is 1. The minimum absolute atomic E-state index is 0.0125. The molecule has 3 N–H and O–H groups in total. The van der Waals surface area contributed by atoms with Gasteiger partial charge in [-0.25, -0.2) is 0 Å². The van der Waals surface area contributed by atoms with Crippen LogP contribution < -0.4 is 19.9 Å². The molecule has 0 aromatic heterocycles. The van der Waals surface area contributed by atoms with Gasteiger partial charge in [-0.05, 0) is 24.6 Å². The van der Waals surface area contributed by atoms with Gasteiger partial charge < -0.3 is 19.9 Å².